The molecule has 0 unspecified atom stereocenters. The summed E-state index contributed by atoms with van der Waals surface area (Å²) in [5, 5.41) is 12.1. The van der Waals surface area contributed by atoms with Crippen molar-refractivity contribution < 1.29 is 5.11 Å². The molecule has 0 aliphatic carbocycles. The molecule has 5 heteroatoms. The third kappa shape index (κ3) is 4.46. The van der Waals surface area contributed by atoms with Gasteiger partial charge in [-0.15, -0.1) is 0 Å². The van der Waals surface area contributed by atoms with Crippen LogP contribution in [0.15, 0.2) is 77.7 Å². The van der Waals surface area contributed by atoms with Gasteiger partial charge in [0.25, 0.3) is 0 Å². The average Bonchev–Trinajstić information content (AvgIpc) is 3.67. The fourth-order valence-electron chi connectivity index (χ4n) is 6.70. The van der Waals surface area contributed by atoms with Crippen LogP contribution in [0.4, 0.5) is 0 Å². The summed E-state index contributed by atoms with van der Waals surface area (Å²) in [4.78, 5) is 19.2. The summed E-state index contributed by atoms with van der Waals surface area (Å²) in [6.07, 6.45) is 16.2. The van der Waals surface area contributed by atoms with E-state index in [2.05, 4.69) is 77.8 Å². The molecular weight excluding hydrogens is 492 g/mol. The lowest BCUT2D eigenvalue weighted by molar-refractivity contribution is 0.539. The van der Waals surface area contributed by atoms with E-state index in [1.807, 2.05) is 0 Å². The van der Waals surface area contributed by atoms with Gasteiger partial charge in [0.1, 0.15) is 0 Å². The molecule has 5 heterocycles. The van der Waals surface area contributed by atoms with Crippen molar-refractivity contribution in [3.8, 4) is 0 Å². The lowest BCUT2D eigenvalue weighted by atomic mass is 9.95. The Balaban J connectivity index is 1.90. The summed E-state index contributed by atoms with van der Waals surface area (Å²) in [7, 11) is 0. The lowest BCUT2D eigenvalue weighted by Gasteiger charge is -2.07. The third-order valence-electron chi connectivity index (χ3n) is 8.59. The van der Waals surface area contributed by atoms with Crippen LogP contribution >= 0.6 is 0 Å². The number of aliphatic imine (C=N–C) groups is 3. The summed E-state index contributed by atoms with van der Waals surface area (Å²) in [5.74, 6) is 0. The van der Waals surface area contributed by atoms with Crippen LogP contribution in [0.25, 0.3) is 18.4 Å². The molecule has 0 atom stereocenters. The maximum Gasteiger partial charge on any atom is 0.0888 e. The molecule has 5 rings (SSSR count). The molecule has 0 spiro atoms. The molecule has 4 aliphatic heterocycles. The molecule has 0 radical (unpaired) electrons. The Morgan fingerprint density at radius 2 is 0.950 bits per heavy atom. The maximum absolute atomic E-state index is 10.4. The highest BCUT2D eigenvalue weighted by molar-refractivity contribution is 6.24. The molecule has 0 fully saturated rings. The second kappa shape index (κ2) is 11.4. The summed E-state index contributed by atoms with van der Waals surface area (Å²) in [5.41, 5.74) is 15.8. The number of nitrogens with one attached hydrogen (secondary N) is 1. The second-order valence-corrected chi connectivity index (χ2v) is 10.5. The third-order valence-corrected chi connectivity index (χ3v) is 8.59. The van der Waals surface area contributed by atoms with Crippen molar-refractivity contribution in [3.05, 3.63) is 84.5 Å². The zero-order chi connectivity index (χ0) is 28.6. The van der Waals surface area contributed by atoms with E-state index >= 15 is 0 Å². The fraction of sp³-hybridized carbons (Fsp3) is 0.400. The first-order valence-electron chi connectivity index (χ1n) is 15.1. The fourth-order valence-corrected chi connectivity index (χ4v) is 6.70. The van der Waals surface area contributed by atoms with Gasteiger partial charge in [0, 0.05) is 10.9 Å². The van der Waals surface area contributed by atoms with Crippen LogP contribution in [0, 0.1) is 0 Å². The minimum Gasteiger partial charge on any atom is -0.515 e. The summed E-state index contributed by atoms with van der Waals surface area (Å²) in [6, 6.07) is 0. The molecule has 8 bridgehead atoms. The largest absolute Gasteiger partial charge is 0.515 e. The summed E-state index contributed by atoms with van der Waals surface area (Å²) in [6.45, 7) is 15.4. The SMILES string of the molecule is CCC1=C(CC)C2=NC1=CC1=NC(=Cc3[nH]c(/c(=C\O)c3CC)=CC3=NC(=C2)C(CC)=C3CC)C(CC)=C1CC. The first-order chi connectivity index (χ1) is 19.5. The molecule has 0 aromatic carbocycles. The summed E-state index contributed by atoms with van der Waals surface area (Å²) >= 11 is 0. The zero-order valence-corrected chi connectivity index (χ0v) is 25.1. The highest BCUT2D eigenvalue weighted by Gasteiger charge is 2.27. The van der Waals surface area contributed by atoms with E-state index in [1.165, 1.54) is 39.7 Å². The van der Waals surface area contributed by atoms with Gasteiger partial charge >= 0.3 is 0 Å². The van der Waals surface area contributed by atoms with Gasteiger partial charge in [-0.05, 0) is 108 Å². The second-order valence-electron chi connectivity index (χ2n) is 10.5. The Labute approximate surface area is 238 Å². The van der Waals surface area contributed by atoms with E-state index in [1.54, 1.807) is 0 Å². The number of rotatable bonds is 7. The molecule has 1 aromatic heterocycles. The zero-order valence-electron chi connectivity index (χ0n) is 25.1. The highest BCUT2D eigenvalue weighted by atomic mass is 16.2. The normalized spacial score (nSPS) is 19.1. The number of hydrogen-bond donors (Lipinski definition) is 2. The molecule has 5 nitrogen and oxygen atoms in total. The van der Waals surface area contributed by atoms with E-state index in [9.17, 15) is 5.11 Å². The molecule has 0 saturated heterocycles. The molecule has 4 aliphatic rings. The molecular formula is C35H42N4O. The van der Waals surface area contributed by atoms with Gasteiger partial charge in [0.2, 0.25) is 0 Å². The van der Waals surface area contributed by atoms with Crippen LogP contribution in [0.3, 0.4) is 0 Å². The lowest BCUT2D eigenvalue weighted by Crippen LogP contribution is -2.26. The van der Waals surface area contributed by atoms with Crippen LogP contribution in [0.1, 0.15) is 98.2 Å². The van der Waals surface area contributed by atoms with Crippen LogP contribution < -0.4 is 10.6 Å². The van der Waals surface area contributed by atoms with E-state index in [0.29, 0.717) is 0 Å². The topological polar surface area (TPSA) is 73.1 Å². The number of nitrogens with zero attached hydrogens (tertiary/aromatic N) is 3. The van der Waals surface area contributed by atoms with Crippen LogP contribution in [-0.4, -0.2) is 27.2 Å². The Morgan fingerprint density at radius 3 is 1.32 bits per heavy atom. The van der Waals surface area contributed by atoms with Crippen molar-refractivity contribution in [1.82, 2.24) is 4.98 Å². The van der Waals surface area contributed by atoms with Gasteiger partial charge in [-0.3, -0.25) is 0 Å². The Morgan fingerprint density at radius 1 is 0.550 bits per heavy atom. The van der Waals surface area contributed by atoms with Gasteiger partial charge in [-0.1, -0.05) is 48.5 Å². The Hall–Kier alpha value is -3.73. The average molecular weight is 535 g/mol. The van der Waals surface area contributed by atoms with Gasteiger partial charge in [-0.2, -0.15) is 0 Å². The van der Waals surface area contributed by atoms with Crippen molar-refractivity contribution in [2.24, 2.45) is 15.0 Å². The standard InChI is InChI=1S/C35H42N4O/c1-8-20-21(9-2)29-16-31-24(12-5)25(13-6)33(38-31)18-35-27(19-40)26(14-7)34(39-35)17-32-23(11-4)22(10-3)30(37-32)15-28(20)36-29/h15-19,39-40H,8-14H2,1-7H3/b27-19-,28-15?,31-16?,32-17?,35-18?. The minimum atomic E-state index is 0.790. The maximum atomic E-state index is 10.4. The van der Waals surface area contributed by atoms with Crippen molar-refractivity contribution in [2.75, 3.05) is 0 Å². The number of aromatic amines is 1. The van der Waals surface area contributed by atoms with Crippen molar-refractivity contribution in [3.63, 3.8) is 0 Å². The first-order valence-corrected chi connectivity index (χ1v) is 15.1. The number of aromatic nitrogens is 1. The molecule has 1 aromatic rings. The van der Waals surface area contributed by atoms with Gasteiger partial charge in [0.05, 0.1) is 45.8 Å². The molecule has 0 amide bonds. The van der Waals surface area contributed by atoms with Gasteiger partial charge in [-0.25, -0.2) is 15.0 Å². The Kier molecular flexibility index (Phi) is 7.93. The predicted molar refractivity (Wildman–Crippen MR) is 170 cm³/mol. The number of H-pyrrole nitrogens is 1. The van der Waals surface area contributed by atoms with Crippen molar-refractivity contribution in [2.45, 2.75) is 93.4 Å². The van der Waals surface area contributed by atoms with Gasteiger partial charge in [0.15, 0.2) is 0 Å². The highest BCUT2D eigenvalue weighted by Crippen LogP contribution is 2.37. The number of aliphatic hydroxyl groups is 1. The number of allylic oxidation sites excluding steroid dienone is 8. The van der Waals surface area contributed by atoms with Crippen molar-refractivity contribution >= 4 is 35.5 Å². The van der Waals surface area contributed by atoms with Crippen molar-refractivity contribution in [1.29, 1.82) is 0 Å². The van der Waals surface area contributed by atoms with Crippen LogP contribution in [0.5, 0.6) is 0 Å². The number of aliphatic hydroxyl groups excluding tert-OH is 1. The van der Waals surface area contributed by atoms with E-state index < -0.39 is 0 Å². The van der Waals surface area contributed by atoms with E-state index in [0.717, 1.165) is 101 Å². The van der Waals surface area contributed by atoms with E-state index in [4.69, 9.17) is 15.0 Å². The molecule has 208 valence electrons. The number of hydrogen-bond acceptors (Lipinski definition) is 4. The monoisotopic (exact) mass is 534 g/mol. The number of fused-ring (bicyclic) bond motifs is 5. The molecule has 0 saturated carbocycles. The van der Waals surface area contributed by atoms with E-state index in [-0.39, 0.29) is 0 Å². The van der Waals surface area contributed by atoms with Gasteiger partial charge < -0.3 is 10.1 Å². The minimum absolute atomic E-state index is 0.790. The van der Waals surface area contributed by atoms with Crippen LogP contribution in [-0.2, 0) is 6.42 Å². The quantitative estimate of drug-likeness (QED) is 0.374. The molecule has 2 N–H and O–H groups in total. The Bertz CT molecular complexity index is 1670. The first kappa shape index (κ1) is 27.8. The summed E-state index contributed by atoms with van der Waals surface area (Å²) < 4.78 is 0. The molecule has 40 heavy (non-hydrogen) atoms. The predicted octanol–water partition coefficient (Wildman–Crippen LogP) is 7.49. The smallest absolute Gasteiger partial charge is 0.0888 e. The van der Waals surface area contributed by atoms with Crippen LogP contribution in [0.2, 0.25) is 0 Å².